The van der Waals surface area contributed by atoms with E-state index in [9.17, 15) is 19.2 Å². The van der Waals surface area contributed by atoms with Crippen molar-refractivity contribution in [1.29, 1.82) is 0 Å². The van der Waals surface area contributed by atoms with Crippen molar-refractivity contribution in [3.05, 3.63) is 44.7 Å². The highest BCUT2D eigenvalue weighted by atomic mass is 16.5. The first-order valence-corrected chi connectivity index (χ1v) is 11.0. The van der Waals surface area contributed by atoms with Crippen LogP contribution in [-0.4, -0.2) is 59.3 Å². The quantitative estimate of drug-likeness (QED) is 0.396. The fourth-order valence-corrected chi connectivity index (χ4v) is 3.25. The Labute approximate surface area is 196 Å². The molecule has 34 heavy (non-hydrogen) atoms. The molecule has 1 saturated carbocycles. The monoisotopic (exact) mass is 474 g/mol. The molecule has 12 heteroatoms. The van der Waals surface area contributed by atoms with Crippen molar-refractivity contribution in [2.75, 3.05) is 42.8 Å². The van der Waals surface area contributed by atoms with Gasteiger partial charge in [0.2, 0.25) is 0 Å². The summed E-state index contributed by atoms with van der Waals surface area (Å²) in [5.41, 5.74) is 4.63. The zero-order valence-corrected chi connectivity index (χ0v) is 19.5. The molecule has 4 N–H and O–H groups in total. The zero-order chi connectivity index (χ0) is 24.8. The van der Waals surface area contributed by atoms with Crippen LogP contribution in [0, 0.1) is 5.92 Å². The molecular formula is C22H30N6O6. The van der Waals surface area contributed by atoms with Crippen LogP contribution in [0.5, 0.6) is 0 Å². The molecule has 2 heterocycles. The van der Waals surface area contributed by atoms with Crippen LogP contribution in [0.1, 0.15) is 37.0 Å². The fraction of sp³-hybridized carbons (Fsp3) is 0.500. The van der Waals surface area contributed by atoms with Crippen LogP contribution in [0.25, 0.3) is 0 Å². The molecule has 1 aliphatic carbocycles. The molecular weight excluding hydrogens is 444 g/mol. The third-order valence-corrected chi connectivity index (χ3v) is 5.11. The first-order chi connectivity index (χ1) is 16.2. The predicted octanol–water partition coefficient (Wildman–Crippen LogP) is 0.581. The average Bonchev–Trinajstić information content (AvgIpc) is 3.61. The number of ether oxygens (including phenoxy) is 2. The van der Waals surface area contributed by atoms with Gasteiger partial charge in [-0.1, -0.05) is 13.8 Å². The number of rotatable bonds is 11. The maximum atomic E-state index is 13.0. The number of H-pyrrole nitrogens is 1. The number of carbonyl (C=O) groups is 2. The molecule has 1 aliphatic rings. The highest BCUT2D eigenvalue weighted by Gasteiger charge is 2.26. The van der Waals surface area contributed by atoms with Crippen LogP contribution in [-0.2, 0) is 20.8 Å². The summed E-state index contributed by atoms with van der Waals surface area (Å²) in [4.78, 5) is 57.6. The summed E-state index contributed by atoms with van der Waals surface area (Å²) in [5, 5.41) is 3.21. The maximum Gasteiger partial charge on any atom is 0.340 e. The Morgan fingerprint density at radius 3 is 2.65 bits per heavy atom. The number of hydrogen-bond donors (Lipinski definition) is 3. The molecule has 0 aliphatic heterocycles. The minimum absolute atomic E-state index is 0.0386. The van der Waals surface area contributed by atoms with E-state index in [0.717, 1.165) is 17.7 Å². The molecule has 0 aromatic carbocycles. The van der Waals surface area contributed by atoms with E-state index in [1.807, 2.05) is 13.8 Å². The highest BCUT2D eigenvalue weighted by Crippen LogP contribution is 2.23. The van der Waals surface area contributed by atoms with Crippen LogP contribution < -0.4 is 27.2 Å². The maximum absolute atomic E-state index is 13.0. The third kappa shape index (κ3) is 6.22. The topological polar surface area (TPSA) is 162 Å². The van der Waals surface area contributed by atoms with Crippen molar-refractivity contribution < 1.29 is 19.1 Å². The second-order valence-corrected chi connectivity index (χ2v) is 8.46. The van der Waals surface area contributed by atoms with Crippen molar-refractivity contribution in [2.45, 2.75) is 39.3 Å². The molecule has 2 aromatic heterocycles. The van der Waals surface area contributed by atoms with E-state index in [4.69, 9.17) is 15.2 Å². The van der Waals surface area contributed by atoms with E-state index in [2.05, 4.69) is 15.3 Å². The zero-order valence-electron chi connectivity index (χ0n) is 19.5. The number of hydrogen-bond acceptors (Lipinski definition) is 9. The number of aromatic nitrogens is 3. The standard InChI is InChI=1S/C22H30N6O6/c1-13(2)11-28-19(23)18(20(30)26-22(28)32)27(8-9-33-3)17(29)12-34-21(31)14-4-7-16(24-10-14)25-15-5-6-15/h4,7,10,13,15H,5-6,8-9,11-12,23H2,1-3H3,(H,24,25)(H,26,30,32). The number of nitrogens with zero attached hydrogens (tertiary/aromatic N) is 3. The van der Waals surface area contributed by atoms with Crippen molar-refractivity contribution in [3.63, 3.8) is 0 Å². The van der Waals surface area contributed by atoms with Gasteiger partial charge in [0.25, 0.3) is 11.5 Å². The second-order valence-electron chi connectivity index (χ2n) is 8.46. The highest BCUT2D eigenvalue weighted by molar-refractivity contribution is 5.98. The molecule has 0 radical (unpaired) electrons. The molecule has 12 nitrogen and oxygen atoms in total. The number of pyridine rings is 1. The summed E-state index contributed by atoms with van der Waals surface area (Å²) >= 11 is 0. The van der Waals surface area contributed by atoms with Gasteiger partial charge in [-0.2, -0.15) is 0 Å². The summed E-state index contributed by atoms with van der Waals surface area (Å²) in [5.74, 6) is -0.870. The lowest BCUT2D eigenvalue weighted by Gasteiger charge is -2.24. The van der Waals surface area contributed by atoms with Gasteiger partial charge in [0, 0.05) is 32.4 Å². The summed E-state index contributed by atoms with van der Waals surface area (Å²) in [6, 6.07) is 3.64. The average molecular weight is 475 g/mol. The van der Waals surface area contributed by atoms with Gasteiger partial charge in [0.05, 0.1) is 12.2 Å². The predicted molar refractivity (Wildman–Crippen MR) is 126 cm³/mol. The van der Waals surface area contributed by atoms with E-state index < -0.39 is 29.7 Å². The number of carbonyl (C=O) groups excluding carboxylic acids is 2. The van der Waals surface area contributed by atoms with Gasteiger partial charge in [-0.15, -0.1) is 0 Å². The third-order valence-electron chi connectivity index (χ3n) is 5.11. The van der Waals surface area contributed by atoms with Crippen molar-refractivity contribution in [1.82, 2.24) is 14.5 Å². The summed E-state index contributed by atoms with van der Waals surface area (Å²) in [6.45, 7) is 3.41. The first kappa shape index (κ1) is 25.0. The van der Waals surface area contributed by atoms with E-state index in [-0.39, 0.29) is 42.7 Å². The Morgan fingerprint density at radius 2 is 2.06 bits per heavy atom. The number of nitrogens with two attached hydrogens (primary N) is 1. The van der Waals surface area contributed by atoms with Crippen LogP contribution in [0.15, 0.2) is 27.9 Å². The number of methoxy groups -OCH3 is 1. The van der Waals surface area contributed by atoms with Gasteiger partial charge >= 0.3 is 11.7 Å². The summed E-state index contributed by atoms with van der Waals surface area (Å²) < 4.78 is 11.4. The molecule has 0 atom stereocenters. The molecule has 1 fully saturated rings. The lowest BCUT2D eigenvalue weighted by atomic mass is 10.2. The van der Waals surface area contributed by atoms with E-state index in [1.165, 1.54) is 17.9 Å². The van der Waals surface area contributed by atoms with Gasteiger partial charge < -0.3 is 20.5 Å². The van der Waals surface area contributed by atoms with Crippen molar-refractivity contribution in [2.24, 2.45) is 5.92 Å². The van der Waals surface area contributed by atoms with Gasteiger partial charge in [-0.3, -0.25) is 24.0 Å². The number of esters is 1. The van der Waals surface area contributed by atoms with Gasteiger partial charge in [0.1, 0.15) is 11.6 Å². The van der Waals surface area contributed by atoms with Gasteiger partial charge in [-0.05, 0) is 30.9 Å². The largest absolute Gasteiger partial charge is 0.452 e. The molecule has 0 spiro atoms. The lowest BCUT2D eigenvalue weighted by molar-refractivity contribution is -0.121. The number of anilines is 3. The second kappa shape index (κ2) is 11.0. The molecule has 1 amide bonds. The molecule has 2 aromatic rings. The van der Waals surface area contributed by atoms with Crippen LogP contribution in [0.2, 0.25) is 0 Å². The smallest absolute Gasteiger partial charge is 0.340 e. The molecule has 184 valence electrons. The van der Waals surface area contributed by atoms with Crippen molar-refractivity contribution in [3.8, 4) is 0 Å². The Morgan fingerprint density at radius 1 is 1.32 bits per heavy atom. The molecule has 0 saturated heterocycles. The van der Waals surface area contributed by atoms with E-state index in [1.54, 1.807) is 12.1 Å². The summed E-state index contributed by atoms with van der Waals surface area (Å²) in [7, 11) is 1.44. The SMILES string of the molecule is COCCN(C(=O)COC(=O)c1ccc(NC2CC2)nc1)c1c(N)n(CC(C)C)c(=O)[nH]c1=O. The fourth-order valence-electron chi connectivity index (χ4n) is 3.25. The summed E-state index contributed by atoms with van der Waals surface area (Å²) in [6.07, 6.45) is 3.55. The van der Waals surface area contributed by atoms with Crippen LogP contribution in [0.3, 0.4) is 0 Å². The lowest BCUT2D eigenvalue weighted by Crippen LogP contribution is -2.44. The van der Waals surface area contributed by atoms with Gasteiger partial charge in [0.15, 0.2) is 12.3 Å². The van der Waals surface area contributed by atoms with E-state index >= 15 is 0 Å². The number of amides is 1. The molecule has 0 unspecified atom stereocenters. The number of nitrogen functional groups attached to an aromatic ring is 1. The first-order valence-electron chi connectivity index (χ1n) is 11.0. The Balaban J connectivity index is 1.76. The molecule has 0 bridgehead atoms. The van der Waals surface area contributed by atoms with Crippen LogP contribution in [0.4, 0.5) is 17.3 Å². The minimum atomic E-state index is -0.818. The normalized spacial score (nSPS) is 13.1. The van der Waals surface area contributed by atoms with E-state index in [0.29, 0.717) is 11.9 Å². The number of aromatic amines is 1. The Hall–Kier alpha value is -3.67. The molecule has 3 rings (SSSR count). The van der Waals surface area contributed by atoms with Crippen LogP contribution >= 0.6 is 0 Å². The Kier molecular flexibility index (Phi) is 8.05. The Bertz CT molecular complexity index is 1140. The van der Waals surface area contributed by atoms with Crippen molar-refractivity contribution >= 4 is 29.2 Å². The number of nitrogens with one attached hydrogen (secondary N) is 2. The minimum Gasteiger partial charge on any atom is -0.452 e. The van der Waals surface area contributed by atoms with Gasteiger partial charge in [-0.25, -0.2) is 14.6 Å².